The van der Waals surface area contributed by atoms with Crippen LogP contribution in [-0.4, -0.2) is 31.5 Å². The number of esters is 1. The fourth-order valence-electron chi connectivity index (χ4n) is 1.42. The van der Waals surface area contributed by atoms with Gasteiger partial charge in [-0.2, -0.15) is 0 Å². The van der Waals surface area contributed by atoms with Crippen molar-refractivity contribution < 1.29 is 36.6 Å². The Balaban J connectivity index is 3.28. The van der Waals surface area contributed by atoms with Crippen LogP contribution in [0, 0.1) is 0 Å². The zero-order valence-corrected chi connectivity index (χ0v) is 10.6. The molecule has 20 heavy (non-hydrogen) atoms. The number of carbonyl (C=O) groups excluding carboxylic acids is 1. The summed E-state index contributed by atoms with van der Waals surface area (Å²) < 4.78 is 62.7. The number of hydrogen-bond acceptors (Lipinski definition) is 5. The van der Waals surface area contributed by atoms with Crippen LogP contribution < -0.4 is 9.47 Å². The molecule has 0 atom stereocenters. The molecule has 0 saturated heterocycles. The SMILES string of the molecule is COC(=O)Cc1ncc(OC)c(OC(F)(F)F)c1CF. The fraction of sp³-hybridized carbons (Fsp3) is 0.455. The summed E-state index contributed by atoms with van der Waals surface area (Å²) in [4.78, 5) is 14.8. The van der Waals surface area contributed by atoms with E-state index in [-0.39, 0.29) is 11.4 Å². The van der Waals surface area contributed by atoms with Crippen molar-refractivity contribution in [2.24, 2.45) is 0 Å². The third-order valence-corrected chi connectivity index (χ3v) is 2.29. The Labute approximate surface area is 111 Å². The van der Waals surface area contributed by atoms with Gasteiger partial charge in [-0.25, -0.2) is 4.39 Å². The summed E-state index contributed by atoms with van der Waals surface area (Å²) in [5.41, 5.74) is -0.716. The van der Waals surface area contributed by atoms with E-state index >= 15 is 0 Å². The molecule has 0 aromatic carbocycles. The molecule has 0 aliphatic carbocycles. The molecule has 0 radical (unpaired) electrons. The number of pyridine rings is 1. The second-order valence-corrected chi connectivity index (χ2v) is 3.52. The van der Waals surface area contributed by atoms with Crippen molar-refractivity contribution in [2.45, 2.75) is 19.5 Å². The second kappa shape index (κ2) is 6.40. The lowest BCUT2D eigenvalue weighted by Gasteiger charge is -2.16. The summed E-state index contributed by atoms with van der Waals surface area (Å²) in [5.74, 6) is -2.00. The standard InChI is InChI=1S/C11H11F4NO4/c1-18-8-5-16-7(3-9(17)19-2)6(4-12)10(8)20-11(13,14)15/h5H,3-4H2,1-2H3. The van der Waals surface area contributed by atoms with Gasteiger partial charge in [0.15, 0.2) is 11.5 Å². The van der Waals surface area contributed by atoms with Gasteiger partial charge in [-0.1, -0.05) is 0 Å². The van der Waals surface area contributed by atoms with Gasteiger partial charge in [0.2, 0.25) is 0 Å². The van der Waals surface area contributed by atoms with Crippen LogP contribution in [0.3, 0.4) is 0 Å². The minimum atomic E-state index is -5.03. The molecule has 0 spiro atoms. The van der Waals surface area contributed by atoms with E-state index in [0.29, 0.717) is 0 Å². The number of halogens is 4. The van der Waals surface area contributed by atoms with Crippen LogP contribution in [0.2, 0.25) is 0 Å². The zero-order chi connectivity index (χ0) is 15.3. The smallest absolute Gasteiger partial charge is 0.491 e. The first kappa shape index (κ1) is 16.0. The molecule has 0 aliphatic rings. The van der Waals surface area contributed by atoms with Gasteiger partial charge in [0.1, 0.15) is 6.67 Å². The fourth-order valence-corrected chi connectivity index (χ4v) is 1.42. The van der Waals surface area contributed by atoms with E-state index < -0.39 is 36.7 Å². The van der Waals surface area contributed by atoms with Gasteiger partial charge in [0.25, 0.3) is 0 Å². The summed E-state index contributed by atoms with van der Waals surface area (Å²) in [7, 11) is 2.18. The lowest BCUT2D eigenvalue weighted by Crippen LogP contribution is -2.20. The number of rotatable bonds is 5. The molecule has 0 bridgehead atoms. The van der Waals surface area contributed by atoms with Crippen molar-refractivity contribution in [2.75, 3.05) is 14.2 Å². The van der Waals surface area contributed by atoms with E-state index in [1.54, 1.807) is 0 Å². The number of carbonyl (C=O) groups is 1. The van der Waals surface area contributed by atoms with Crippen molar-refractivity contribution >= 4 is 5.97 Å². The van der Waals surface area contributed by atoms with Crippen molar-refractivity contribution in [3.8, 4) is 11.5 Å². The monoisotopic (exact) mass is 297 g/mol. The molecule has 0 fully saturated rings. The minimum Gasteiger partial charge on any atom is -0.491 e. The average Bonchev–Trinajstić information content (AvgIpc) is 2.37. The van der Waals surface area contributed by atoms with E-state index in [0.717, 1.165) is 20.4 Å². The molecular formula is C11H11F4NO4. The van der Waals surface area contributed by atoms with Gasteiger partial charge in [0, 0.05) is 0 Å². The Hall–Kier alpha value is -2.06. The topological polar surface area (TPSA) is 57.7 Å². The first-order valence-corrected chi connectivity index (χ1v) is 5.25. The lowest BCUT2D eigenvalue weighted by molar-refractivity contribution is -0.275. The Morgan fingerprint density at radius 1 is 1.35 bits per heavy atom. The van der Waals surface area contributed by atoms with Crippen LogP contribution in [-0.2, 0) is 22.6 Å². The lowest BCUT2D eigenvalue weighted by atomic mass is 10.1. The molecule has 1 rings (SSSR count). The van der Waals surface area contributed by atoms with Crippen LogP contribution in [0.4, 0.5) is 17.6 Å². The average molecular weight is 297 g/mol. The molecule has 1 heterocycles. The third kappa shape index (κ3) is 3.97. The van der Waals surface area contributed by atoms with Gasteiger partial charge in [-0.15, -0.1) is 13.2 Å². The van der Waals surface area contributed by atoms with E-state index in [2.05, 4.69) is 19.2 Å². The minimum absolute atomic E-state index is 0.209. The Morgan fingerprint density at radius 3 is 2.45 bits per heavy atom. The van der Waals surface area contributed by atoms with Gasteiger partial charge in [-0.3, -0.25) is 9.78 Å². The van der Waals surface area contributed by atoms with E-state index in [9.17, 15) is 22.4 Å². The molecule has 0 N–H and O–H groups in total. The van der Waals surface area contributed by atoms with Crippen molar-refractivity contribution in [3.05, 3.63) is 17.5 Å². The number of aromatic nitrogens is 1. The van der Waals surface area contributed by atoms with Gasteiger partial charge in [-0.05, 0) is 0 Å². The molecule has 0 amide bonds. The first-order chi connectivity index (χ1) is 9.32. The van der Waals surface area contributed by atoms with Crippen LogP contribution in [0.25, 0.3) is 0 Å². The molecular weight excluding hydrogens is 286 g/mol. The van der Waals surface area contributed by atoms with Crippen LogP contribution in [0.5, 0.6) is 11.5 Å². The Bertz CT molecular complexity index is 490. The molecule has 1 aromatic heterocycles. The molecule has 9 heteroatoms. The van der Waals surface area contributed by atoms with Gasteiger partial charge in [0.05, 0.1) is 38.1 Å². The molecule has 0 unspecified atom stereocenters. The molecule has 5 nitrogen and oxygen atoms in total. The van der Waals surface area contributed by atoms with E-state index in [1.165, 1.54) is 0 Å². The second-order valence-electron chi connectivity index (χ2n) is 3.52. The number of nitrogens with zero attached hydrogens (tertiary/aromatic N) is 1. The highest BCUT2D eigenvalue weighted by Gasteiger charge is 2.35. The summed E-state index contributed by atoms with van der Waals surface area (Å²) in [6, 6.07) is 0. The molecule has 1 aromatic rings. The normalized spacial score (nSPS) is 11.1. The van der Waals surface area contributed by atoms with Gasteiger partial charge >= 0.3 is 12.3 Å². The molecule has 0 saturated carbocycles. The summed E-state index contributed by atoms with van der Waals surface area (Å²) in [5, 5.41) is 0. The Morgan fingerprint density at radius 2 is 2.00 bits per heavy atom. The highest BCUT2D eigenvalue weighted by atomic mass is 19.4. The maximum absolute atomic E-state index is 13.0. The third-order valence-electron chi connectivity index (χ3n) is 2.29. The number of methoxy groups -OCH3 is 2. The van der Waals surface area contributed by atoms with Crippen LogP contribution in [0.15, 0.2) is 6.20 Å². The highest BCUT2D eigenvalue weighted by molar-refractivity contribution is 5.72. The van der Waals surface area contributed by atoms with E-state index in [1.807, 2.05) is 0 Å². The van der Waals surface area contributed by atoms with E-state index in [4.69, 9.17) is 0 Å². The maximum atomic E-state index is 13.0. The Kier molecular flexibility index (Phi) is 5.12. The van der Waals surface area contributed by atoms with Crippen molar-refractivity contribution in [3.63, 3.8) is 0 Å². The summed E-state index contributed by atoms with van der Waals surface area (Å²) in [6.45, 7) is -1.30. The summed E-state index contributed by atoms with van der Waals surface area (Å²) >= 11 is 0. The molecule has 0 aliphatic heterocycles. The van der Waals surface area contributed by atoms with Crippen molar-refractivity contribution in [1.82, 2.24) is 4.98 Å². The van der Waals surface area contributed by atoms with Crippen LogP contribution >= 0.6 is 0 Å². The molecule has 112 valence electrons. The number of ether oxygens (including phenoxy) is 3. The number of alkyl halides is 4. The first-order valence-electron chi connectivity index (χ1n) is 5.25. The highest BCUT2D eigenvalue weighted by Crippen LogP contribution is 2.37. The largest absolute Gasteiger partial charge is 0.573 e. The van der Waals surface area contributed by atoms with Crippen LogP contribution in [0.1, 0.15) is 11.3 Å². The predicted octanol–water partition coefficient (Wildman–Crippen LogP) is 2.17. The quantitative estimate of drug-likeness (QED) is 0.616. The predicted molar refractivity (Wildman–Crippen MR) is 58.0 cm³/mol. The zero-order valence-electron chi connectivity index (χ0n) is 10.6. The van der Waals surface area contributed by atoms with Crippen molar-refractivity contribution in [1.29, 1.82) is 0 Å². The maximum Gasteiger partial charge on any atom is 0.573 e. The summed E-state index contributed by atoms with van der Waals surface area (Å²) in [6.07, 6.45) is -4.59. The number of hydrogen-bond donors (Lipinski definition) is 0. The van der Waals surface area contributed by atoms with Gasteiger partial charge < -0.3 is 14.2 Å².